The number of anilines is 3. The third kappa shape index (κ3) is 6.39. The average molecular weight is 658 g/mol. The van der Waals surface area contributed by atoms with E-state index in [4.69, 9.17) is 4.74 Å². The molecule has 0 saturated carbocycles. The summed E-state index contributed by atoms with van der Waals surface area (Å²) in [5.41, 5.74) is 1.65. The van der Waals surface area contributed by atoms with Gasteiger partial charge in [-0.1, -0.05) is 66.2 Å². The SMILES string of the molecule is COc1ccc(N2C(=O)c3cc(S(=O)(=O)Nc4ccc(C)cc4)ccc3N(Cc3ccccc3)[C@H]2c2ccccc2C(F)(F)F)cc1. The highest BCUT2D eigenvalue weighted by molar-refractivity contribution is 7.92. The molecule has 0 fully saturated rings. The number of amides is 1. The first-order valence-corrected chi connectivity index (χ1v) is 16.1. The molecule has 0 bridgehead atoms. The van der Waals surface area contributed by atoms with Crippen LogP contribution in [0.15, 0.2) is 126 Å². The molecule has 1 N–H and O–H groups in total. The summed E-state index contributed by atoms with van der Waals surface area (Å²) in [7, 11) is -2.67. The van der Waals surface area contributed by atoms with Gasteiger partial charge in [0, 0.05) is 23.5 Å². The van der Waals surface area contributed by atoms with Gasteiger partial charge in [0.15, 0.2) is 0 Å². The summed E-state index contributed by atoms with van der Waals surface area (Å²) in [5.74, 6) is -0.175. The zero-order chi connectivity index (χ0) is 33.3. The third-order valence-corrected chi connectivity index (χ3v) is 9.35. The first-order valence-electron chi connectivity index (χ1n) is 14.6. The molecule has 0 aliphatic carbocycles. The van der Waals surface area contributed by atoms with E-state index in [2.05, 4.69) is 4.72 Å². The lowest BCUT2D eigenvalue weighted by atomic mass is 9.96. The number of benzene rings is 5. The van der Waals surface area contributed by atoms with E-state index < -0.39 is 33.8 Å². The van der Waals surface area contributed by atoms with E-state index in [1.54, 1.807) is 53.4 Å². The van der Waals surface area contributed by atoms with Crippen LogP contribution in [0, 0.1) is 6.92 Å². The zero-order valence-electron chi connectivity index (χ0n) is 25.4. The van der Waals surface area contributed by atoms with Gasteiger partial charge in [0.2, 0.25) is 0 Å². The van der Waals surface area contributed by atoms with Gasteiger partial charge in [0.25, 0.3) is 15.9 Å². The Bertz CT molecular complexity index is 2020. The fraction of sp³-hybridized carbons (Fsp3) is 0.139. The number of rotatable bonds is 8. The monoisotopic (exact) mass is 657 g/mol. The Morgan fingerprint density at radius 1 is 0.830 bits per heavy atom. The van der Waals surface area contributed by atoms with E-state index in [9.17, 15) is 26.4 Å². The Kier molecular flexibility index (Phi) is 8.42. The smallest absolute Gasteiger partial charge is 0.416 e. The molecule has 5 aromatic carbocycles. The van der Waals surface area contributed by atoms with Gasteiger partial charge in [-0.05, 0) is 73.2 Å². The topological polar surface area (TPSA) is 78.9 Å². The van der Waals surface area contributed by atoms with Gasteiger partial charge in [-0.2, -0.15) is 13.2 Å². The molecule has 1 amide bonds. The van der Waals surface area contributed by atoms with Crippen molar-refractivity contribution >= 4 is 33.0 Å². The third-order valence-electron chi connectivity index (χ3n) is 7.97. The summed E-state index contributed by atoms with van der Waals surface area (Å²) in [6.45, 7) is 1.99. The molecule has 0 spiro atoms. The first kappa shape index (κ1) is 31.7. The highest BCUT2D eigenvalue weighted by atomic mass is 32.2. The molecule has 47 heavy (non-hydrogen) atoms. The van der Waals surface area contributed by atoms with Crippen LogP contribution in [0.4, 0.5) is 30.2 Å². The summed E-state index contributed by atoms with van der Waals surface area (Å²) in [5, 5.41) is 0. The molecular formula is C36H30F3N3O4S. The van der Waals surface area contributed by atoms with Crippen LogP contribution in [0.3, 0.4) is 0 Å². The lowest BCUT2D eigenvalue weighted by Crippen LogP contribution is -2.50. The molecule has 7 nitrogen and oxygen atoms in total. The van der Waals surface area contributed by atoms with Crippen molar-refractivity contribution in [3.8, 4) is 5.75 Å². The summed E-state index contributed by atoms with van der Waals surface area (Å²) in [4.78, 5) is 17.4. The van der Waals surface area contributed by atoms with Gasteiger partial charge in [0.1, 0.15) is 11.9 Å². The maximum absolute atomic E-state index is 14.6. The number of carbonyl (C=O) groups is 1. The highest BCUT2D eigenvalue weighted by Crippen LogP contribution is 2.46. The van der Waals surface area contributed by atoms with Crippen molar-refractivity contribution in [2.24, 2.45) is 0 Å². The minimum Gasteiger partial charge on any atom is -0.497 e. The van der Waals surface area contributed by atoms with Gasteiger partial charge >= 0.3 is 6.18 Å². The van der Waals surface area contributed by atoms with Crippen molar-refractivity contribution in [2.75, 3.05) is 21.6 Å². The van der Waals surface area contributed by atoms with Crippen molar-refractivity contribution in [3.05, 3.63) is 149 Å². The molecule has 1 aliphatic heterocycles. The predicted molar refractivity (Wildman–Crippen MR) is 175 cm³/mol. The van der Waals surface area contributed by atoms with Crippen LogP contribution >= 0.6 is 0 Å². The number of hydrogen-bond donors (Lipinski definition) is 1. The number of alkyl halides is 3. The predicted octanol–water partition coefficient (Wildman–Crippen LogP) is 8.19. The average Bonchev–Trinajstić information content (AvgIpc) is 3.07. The molecule has 11 heteroatoms. The van der Waals surface area contributed by atoms with Crippen LogP contribution in [0.25, 0.3) is 0 Å². The van der Waals surface area contributed by atoms with Crippen molar-refractivity contribution < 1.29 is 31.1 Å². The van der Waals surface area contributed by atoms with Crippen molar-refractivity contribution in [1.29, 1.82) is 0 Å². The Balaban J connectivity index is 1.57. The molecule has 6 rings (SSSR count). The lowest BCUT2D eigenvalue weighted by Gasteiger charge is -2.46. The van der Waals surface area contributed by atoms with Gasteiger partial charge in [0.05, 0.1) is 28.8 Å². The van der Waals surface area contributed by atoms with Crippen LogP contribution in [-0.2, 0) is 22.7 Å². The Morgan fingerprint density at radius 2 is 1.49 bits per heavy atom. The summed E-state index contributed by atoms with van der Waals surface area (Å²) in [6.07, 6.45) is -5.97. The Morgan fingerprint density at radius 3 is 2.15 bits per heavy atom. The fourth-order valence-corrected chi connectivity index (χ4v) is 6.78. The number of aryl methyl sites for hydroxylation is 1. The van der Waals surface area contributed by atoms with Crippen molar-refractivity contribution in [1.82, 2.24) is 0 Å². The second kappa shape index (κ2) is 12.5. The molecule has 0 unspecified atom stereocenters. The van der Waals surface area contributed by atoms with Crippen LogP contribution in [0.5, 0.6) is 5.75 Å². The number of ether oxygens (including phenoxy) is 1. The lowest BCUT2D eigenvalue weighted by molar-refractivity contribution is -0.138. The number of methoxy groups -OCH3 is 1. The van der Waals surface area contributed by atoms with E-state index in [0.29, 0.717) is 22.8 Å². The normalized spacial score (nSPS) is 14.9. The van der Waals surface area contributed by atoms with Crippen LogP contribution in [0.2, 0.25) is 0 Å². The summed E-state index contributed by atoms with van der Waals surface area (Å²) >= 11 is 0. The molecule has 0 saturated heterocycles. The van der Waals surface area contributed by atoms with E-state index >= 15 is 0 Å². The number of fused-ring (bicyclic) bond motifs is 1. The molecule has 0 aromatic heterocycles. The van der Waals surface area contributed by atoms with E-state index in [1.807, 2.05) is 37.3 Å². The number of sulfonamides is 1. The van der Waals surface area contributed by atoms with Crippen molar-refractivity contribution in [2.45, 2.75) is 30.7 Å². The van der Waals surface area contributed by atoms with Gasteiger partial charge in [-0.15, -0.1) is 0 Å². The van der Waals surface area contributed by atoms with E-state index in [1.165, 1.54) is 48.4 Å². The van der Waals surface area contributed by atoms with Crippen LogP contribution in [-0.4, -0.2) is 21.4 Å². The fourth-order valence-electron chi connectivity index (χ4n) is 5.69. The summed E-state index contributed by atoms with van der Waals surface area (Å²) in [6, 6.07) is 31.6. The quantitative estimate of drug-likeness (QED) is 0.182. The summed E-state index contributed by atoms with van der Waals surface area (Å²) < 4.78 is 78.5. The van der Waals surface area contributed by atoms with Crippen LogP contribution < -0.4 is 19.3 Å². The Labute approximate surface area is 270 Å². The number of halogens is 3. The molecule has 1 heterocycles. The largest absolute Gasteiger partial charge is 0.497 e. The number of nitrogens with one attached hydrogen (secondary N) is 1. The van der Waals surface area contributed by atoms with Crippen molar-refractivity contribution in [3.63, 3.8) is 0 Å². The minimum atomic E-state index is -4.72. The highest BCUT2D eigenvalue weighted by Gasteiger charge is 2.44. The minimum absolute atomic E-state index is 0.0178. The molecule has 1 atom stereocenters. The molecule has 5 aromatic rings. The van der Waals surface area contributed by atoms with E-state index in [-0.39, 0.29) is 22.6 Å². The molecule has 240 valence electrons. The van der Waals surface area contributed by atoms with Gasteiger partial charge < -0.3 is 9.64 Å². The van der Waals surface area contributed by atoms with E-state index in [0.717, 1.165) is 17.2 Å². The van der Waals surface area contributed by atoms with Crippen LogP contribution in [0.1, 0.15) is 38.8 Å². The number of hydrogen-bond acceptors (Lipinski definition) is 5. The molecular weight excluding hydrogens is 627 g/mol. The maximum Gasteiger partial charge on any atom is 0.416 e. The van der Waals surface area contributed by atoms with Gasteiger partial charge in [-0.3, -0.25) is 14.4 Å². The second-order valence-corrected chi connectivity index (χ2v) is 12.8. The van der Waals surface area contributed by atoms with Gasteiger partial charge in [-0.25, -0.2) is 8.42 Å². The maximum atomic E-state index is 14.6. The Hall–Kier alpha value is -5.29. The zero-order valence-corrected chi connectivity index (χ0v) is 26.2. The second-order valence-electron chi connectivity index (χ2n) is 11.1. The molecule has 1 aliphatic rings. The number of nitrogens with zero attached hydrogens (tertiary/aromatic N) is 2. The number of carbonyl (C=O) groups excluding carboxylic acids is 1. The molecule has 0 radical (unpaired) electrons. The standard InChI is InChI=1S/C36H30F3N3O4S/c1-24-12-14-26(15-13-24)40-47(44,45)29-20-21-33-31(22-29)35(43)42(27-16-18-28(46-2)19-17-27)34(41(33)23-25-8-4-3-5-9-25)30-10-6-7-11-32(30)36(37,38)39/h3-22,34,40H,23H2,1-2H3/t34-/m1/s1. The first-order chi connectivity index (χ1) is 22.5.